The van der Waals surface area contributed by atoms with Crippen molar-refractivity contribution < 1.29 is 54.7 Å². The summed E-state index contributed by atoms with van der Waals surface area (Å²) in [4.78, 5) is 0. The first kappa shape index (κ1) is 45.0. The molecule has 10 bridgehead atoms. The lowest BCUT2D eigenvalue weighted by Crippen LogP contribution is -2.57. The third-order valence-corrected chi connectivity index (χ3v) is 21.8. The predicted octanol–water partition coefficient (Wildman–Crippen LogP) is 8.91. The van der Waals surface area contributed by atoms with Crippen molar-refractivity contribution in [2.75, 3.05) is 45.9 Å². The van der Waals surface area contributed by atoms with Crippen LogP contribution >= 0.6 is 43.2 Å². The number of aliphatic hydroxyl groups excluding tert-OH is 4. The third kappa shape index (κ3) is 7.10. The van der Waals surface area contributed by atoms with E-state index in [1.165, 1.54) is 18.3 Å². The Morgan fingerprint density at radius 2 is 1.72 bits per heavy atom. The molecule has 5 heterocycles. The van der Waals surface area contributed by atoms with E-state index in [9.17, 15) is 35.7 Å². The fraction of sp³-hybridized carbons (Fsp3) is 0.592. The highest BCUT2D eigenvalue weighted by Gasteiger charge is 2.62. The van der Waals surface area contributed by atoms with Crippen LogP contribution in [0.5, 0.6) is 40.2 Å². The van der Waals surface area contributed by atoms with Gasteiger partial charge in [-0.3, -0.25) is 0 Å². The molecule has 1 saturated carbocycles. The molecular weight excluding hydrogens is 893 g/mol. The largest absolute Gasteiger partial charge is 0.508 e. The molecule has 2 fully saturated rings. The van der Waals surface area contributed by atoms with Gasteiger partial charge in [0.05, 0.1) is 26.9 Å². The van der Waals surface area contributed by atoms with Gasteiger partial charge in [-0.2, -0.15) is 0 Å². The molecular formula is C49H60O11S4. The summed E-state index contributed by atoms with van der Waals surface area (Å²) in [7, 11) is 8.80. The van der Waals surface area contributed by atoms with Gasteiger partial charge < -0.3 is 54.7 Å². The zero-order valence-electron chi connectivity index (χ0n) is 36.6. The Bertz CT molecular complexity index is 2320. The van der Waals surface area contributed by atoms with E-state index >= 15 is 0 Å². The molecule has 346 valence electrons. The van der Waals surface area contributed by atoms with Crippen LogP contribution in [0.3, 0.4) is 0 Å². The molecule has 15 heteroatoms. The summed E-state index contributed by atoms with van der Waals surface area (Å²) in [6.07, 6.45) is 5.94. The van der Waals surface area contributed by atoms with Crippen molar-refractivity contribution in [1.82, 2.24) is 0 Å². The Morgan fingerprint density at radius 3 is 2.48 bits per heavy atom. The van der Waals surface area contributed by atoms with Gasteiger partial charge in [0.1, 0.15) is 30.0 Å². The van der Waals surface area contributed by atoms with Crippen LogP contribution < -0.4 is 18.9 Å². The highest BCUT2D eigenvalue weighted by Crippen LogP contribution is 2.69. The number of phenolic OH excluding ortho intramolecular Hbond substituents is 3. The predicted molar refractivity (Wildman–Crippen MR) is 255 cm³/mol. The van der Waals surface area contributed by atoms with E-state index in [1.807, 2.05) is 50.6 Å². The third-order valence-electron chi connectivity index (χ3n) is 15.5. The maximum absolute atomic E-state index is 13.4. The Hall–Kier alpha value is -2.76. The van der Waals surface area contributed by atoms with Gasteiger partial charge >= 0.3 is 0 Å². The zero-order chi connectivity index (χ0) is 44.7. The monoisotopic (exact) mass is 952 g/mol. The van der Waals surface area contributed by atoms with E-state index in [1.54, 1.807) is 22.9 Å². The molecule has 5 aliphatic heterocycles. The van der Waals surface area contributed by atoms with Gasteiger partial charge in [-0.15, -0.1) is 0 Å². The maximum Gasteiger partial charge on any atom is 0.207 e. The van der Waals surface area contributed by atoms with Crippen LogP contribution in [0.2, 0.25) is 0 Å². The minimum atomic E-state index is -1.52. The number of fused-ring (bicyclic) bond motifs is 4. The molecule has 64 heavy (non-hydrogen) atoms. The molecule has 4 aliphatic carbocycles. The summed E-state index contributed by atoms with van der Waals surface area (Å²) in [5, 5.41) is 81.9. The number of rotatable bonds is 11. The molecule has 0 aromatic heterocycles. The minimum Gasteiger partial charge on any atom is -0.508 e. The lowest BCUT2D eigenvalue weighted by molar-refractivity contribution is -0.112. The molecule has 0 amide bonds. The highest BCUT2D eigenvalue weighted by molar-refractivity contribution is 8.77. The number of phenols is 3. The second kappa shape index (κ2) is 17.7. The van der Waals surface area contributed by atoms with E-state index in [4.69, 9.17) is 18.9 Å². The number of aliphatic hydroxyl groups is 4. The first-order valence-corrected chi connectivity index (χ1v) is 27.6. The van der Waals surface area contributed by atoms with Crippen molar-refractivity contribution in [2.24, 2.45) is 17.8 Å². The van der Waals surface area contributed by atoms with Gasteiger partial charge in [-0.05, 0) is 116 Å². The first-order chi connectivity index (χ1) is 31.0. The molecule has 0 radical (unpaired) electrons. The van der Waals surface area contributed by atoms with Crippen molar-refractivity contribution >= 4 is 43.2 Å². The topological polar surface area (TPSA) is 179 Å². The van der Waals surface area contributed by atoms with Crippen LogP contribution in [0, 0.1) is 17.8 Å². The number of hydrogen-bond donors (Lipinski definition) is 7. The average molecular weight is 953 g/mol. The van der Waals surface area contributed by atoms with Crippen LogP contribution in [-0.4, -0.2) is 103 Å². The second-order valence-corrected chi connectivity index (χ2v) is 24.6. The van der Waals surface area contributed by atoms with Gasteiger partial charge in [0.15, 0.2) is 17.1 Å². The molecule has 11 nitrogen and oxygen atoms in total. The van der Waals surface area contributed by atoms with E-state index in [0.29, 0.717) is 48.5 Å². The summed E-state index contributed by atoms with van der Waals surface area (Å²) in [5.74, 6) is 0.925. The number of aromatic hydroxyl groups is 3. The number of ether oxygens (including phenoxy) is 4. The van der Waals surface area contributed by atoms with Crippen molar-refractivity contribution in [1.29, 1.82) is 0 Å². The van der Waals surface area contributed by atoms with E-state index < -0.39 is 23.0 Å². The molecule has 7 N–H and O–H groups in total. The Kier molecular flexibility index (Phi) is 12.5. The van der Waals surface area contributed by atoms with Crippen LogP contribution in [-0.2, 0) is 11.0 Å². The van der Waals surface area contributed by atoms with E-state index in [2.05, 4.69) is 13.8 Å². The Morgan fingerprint density at radius 1 is 0.891 bits per heavy atom. The van der Waals surface area contributed by atoms with Crippen molar-refractivity contribution in [2.45, 2.75) is 116 Å². The average Bonchev–Trinajstić information content (AvgIpc) is 3.28. The van der Waals surface area contributed by atoms with E-state index in [-0.39, 0.29) is 88.3 Å². The molecule has 10 atom stereocenters. The standard InChI is InChI=1S/C49H60O11S4/c1-24(2)11-14-58-35-19-32(44(54)46(57-3)45(35)55)49-12-10-37-42(47(49)56)41-34(60-49)20-33(59-15-13-50)39-28-7-6-27(53)18-30(28)31-8-4-25-16-29-26(21-51)5-9-36(40(29)38(17-25)64-63-37)62-61-23-48(31,22-52)43(39)41/h6-7,18-20,24-26,31,36-38,42,47,50-56H,4-5,8-17,21-23H2,1-3H3/t25-,26-,31+,36-,37-,38+,42-,47-,48+,49+/m1/s1. The van der Waals surface area contributed by atoms with Gasteiger partial charge in [0, 0.05) is 68.1 Å². The quantitative estimate of drug-likeness (QED) is 0.0716. The van der Waals surface area contributed by atoms with Gasteiger partial charge in [0.25, 0.3) is 0 Å². The van der Waals surface area contributed by atoms with Gasteiger partial charge in [-0.1, -0.05) is 68.7 Å². The summed E-state index contributed by atoms with van der Waals surface area (Å²) >= 11 is 0. The van der Waals surface area contributed by atoms with Gasteiger partial charge in [0.2, 0.25) is 11.5 Å². The van der Waals surface area contributed by atoms with Crippen LogP contribution in [0.25, 0.3) is 11.1 Å². The smallest absolute Gasteiger partial charge is 0.207 e. The van der Waals surface area contributed by atoms with Crippen molar-refractivity contribution in [3.05, 3.63) is 63.7 Å². The Labute approximate surface area is 390 Å². The second-order valence-electron chi connectivity index (χ2n) is 19.3. The van der Waals surface area contributed by atoms with Crippen molar-refractivity contribution in [3.8, 4) is 51.4 Å². The molecule has 3 aromatic carbocycles. The molecule has 3 aromatic rings. The number of hydrogen-bond acceptors (Lipinski definition) is 15. The maximum atomic E-state index is 13.4. The molecule has 0 unspecified atom stereocenters. The number of benzene rings is 3. The van der Waals surface area contributed by atoms with E-state index in [0.717, 1.165) is 72.8 Å². The number of methoxy groups -OCH3 is 1. The summed E-state index contributed by atoms with van der Waals surface area (Å²) < 4.78 is 25.7. The van der Waals surface area contributed by atoms with Crippen LogP contribution in [0.4, 0.5) is 0 Å². The lowest BCUT2D eigenvalue weighted by Gasteiger charge is -2.55. The summed E-state index contributed by atoms with van der Waals surface area (Å²) in [5.41, 5.74) is 4.99. The molecule has 12 rings (SSSR count). The zero-order valence-corrected chi connectivity index (χ0v) is 39.9. The first-order valence-electron chi connectivity index (χ1n) is 22.9. The molecule has 9 aliphatic rings. The normalized spacial score (nSPS) is 32.4. The molecule has 0 spiro atoms. The SMILES string of the molecule is COc1c(O)c(OCCC(C)C)cc([C@@]23CC[C@H]4SS[C@H]5C[C@@H]6CC[C@H]7c8cc(O)ccc8-c8c(OCCO)cc(c(c8[C@@]7(CO)CSS[C@@H]7CC[C@H](CO)C(=C57)C6)[C@@H]4[C@H]2O)O3)c1O. The minimum absolute atomic E-state index is 0.00480. The Balaban J connectivity index is 1.25. The summed E-state index contributed by atoms with van der Waals surface area (Å²) in [6.45, 7) is 4.18. The van der Waals surface area contributed by atoms with Gasteiger partial charge in [-0.25, -0.2) is 0 Å². The van der Waals surface area contributed by atoms with Crippen LogP contribution in [0.1, 0.15) is 106 Å². The van der Waals surface area contributed by atoms with Crippen molar-refractivity contribution in [3.63, 3.8) is 0 Å². The molecule has 1 saturated heterocycles. The van der Waals surface area contributed by atoms with Crippen LogP contribution in [0.15, 0.2) is 41.5 Å². The fourth-order valence-corrected chi connectivity index (χ4v) is 19.7. The lowest BCUT2D eigenvalue weighted by atomic mass is 9.56. The summed E-state index contributed by atoms with van der Waals surface area (Å²) in [6, 6.07) is 8.95. The fourth-order valence-electron chi connectivity index (χ4n) is 12.4. The highest BCUT2D eigenvalue weighted by atomic mass is 33.1.